The average molecular weight is 561 g/mol. The van der Waals surface area contributed by atoms with Crippen LogP contribution in [0, 0.1) is 17.1 Å². The van der Waals surface area contributed by atoms with Crippen LogP contribution in [0.5, 0.6) is 0 Å². The number of anilines is 3. The minimum Gasteiger partial charge on any atom is -0.373 e. The van der Waals surface area contributed by atoms with Gasteiger partial charge in [0.15, 0.2) is 0 Å². The molecule has 41 heavy (non-hydrogen) atoms. The van der Waals surface area contributed by atoms with Gasteiger partial charge in [-0.05, 0) is 54.1 Å². The fourth-order valence-electron chi connectivity index (χ4n) is 4.97. The quantitative estimate of drug-likeness (QED) is 0.206. The molecule has 1 saturated carbocycles. The predicted octanol–water partition coefficient (Wildman–Crippen LogP) is 7.92. The first-order chi connectivity index (χ1) is 20.4. The molecule has 0 radical (unpaired) electrons. The topological polar surface area (TPSA) is 91.5 Å². The van der Waals surface area contributed by atoms with Crippen LogP contribution in [0.1, 0.15) is 43.1 Å². The first-order valence-electron chi connectivity index (χ1n) is 13.7. The molecular weight excluding hydrogens is 537 g/mol. The molecule has 0 spiro atoms. The van der Waals surface area contributed by atoms with Gasteiger partial charge in [-0.25, -0.2) is 9.07 Å². The second-order valence-electron chi connectivity index (χ2n) is 9.99. The molecule has 1 atom stereocenters. The van der Waals surface area contributed by atoms with Crippen LogP contribution in [0.2, 0.25) is 5.02 Å². The Bertz CT molecular complexity index is 2010. The van der Waals surface area contributed by atoms with Crippen LogP contribution in [-0.2, 0) is 0 Å². The Morgan fingerprint density at radius 1 is 1.05 bits per heavy atom. The van der Waals surface area contributed by atoms with E-state index in [4.69, 9.17) is 11.6 Å². The van der Waals surface area contributed by atoms with E-state index in [1.807, 2.05) is 42.5 Å². The molecule has 4 aromatic carbocycles. The van der Waals surface area contributed by atoms with Crippen molar-refractivity contribution in [2.24, 2.45) is 0 Å². The van der Waals surface area contributed by atoms with Crippen molar-refractivity contribution in [3.05, 3.63) is 119 Å². The van der Waals surface area contributed by atoms with Crippen LogP contribution in [0.3, 0.4) is 0 Å². The summed E-state index contributed by atoms with van der Waals surface area (Å²) >= 11 is 6.77. The smallest absolute Gasteiger partial charge is 0.123 e. The molecule has 9 heteroatoms. The molecule has 2 aromatic heterocycles. The van der Waals surface area contributed by atoms with Crippen LogP contribution >= 0.6 is 11.6 Å². The Labute approximate surface area is 241 Å². The summed E-state index contributed by atoms with van der Waals surface area (Å²) in [6.45, 7) is 0. The predicted molar refractivity (Wildman–Crippen MR) is 159 cm³/mol. The Hall–Kier alpha value is -5.00. The molecule has 7 rings (SSSR count). The van der Waals surface area contributed by atoms with Gasteiger partial charge in [-0.15, -0.1) is 5.10 Å². The van der Waals surface area contributed by atoms with E-state index in [1.54, 1.807) is 35.1 Å². The number of hydrogen-bond donors (Lipinski definition) is 2. The summed E-state index contributed by atoms with van der Waals surface area (Å²) in [4.78, 5) is 4.47. The van der Waals surface area contributed by atoms with Gasteiger partial charge in [0.2, 0.25) is 0 Å². The second-order valence-corrected chi connectivity index (χ2v) is 10.4. The van der Waals surface area contributed by atoms with E-state index in [-0.39, 0.29) is 6.04 Å². The van der Waals surface area contributed by atoms with Gasteiger partial charge >= 0.3 is 0 Å². The van der Waals surface area contributed by atoms with E-state index >= 15 is 0 Å². The Balaban J connectivity index is 1.36. The molecule has 7 nitrogen and oxygen atoms in total. The number of fused-ring (bicyclic) bond motifs is 2. The molecule has 6 aromatic rings. The summed E-state index contributed by atoms with van der Waals surface area (Å²) in [7, 11) is 0. The lowest BCUT2D eigenvalue weighted by atomic mass is 10.0. The Morgan fingerprint density at radius 3 is 2.66 bits per heavy atom. The van der Waals surface area contributed by atoms with E-state index in [1.165, 1.54) is 18.3 Å². The highest BCUT2D eigenvalue weighted by Gasteiger charge is 2.27. The van der Waals surface area contributed by atoms with Crippen molar-refractivity contribution in [3.8, 4) is 6.07 Å². The molecule has 2 N–H and O–H groups in total. The molecule has 1 unspecified atom stereocenters. The average Bonchev–Trinajstić information content (AvgIpc) is 3.73. The van der Waals surface area contributed by atoms with Crippen molar-refractivity contribution in [1.29, 1.82) is 5.26 Å². The summed E-state index contributed by atoms with van der Waals surface area (Å²) in [5.41, 5.74) is 3.53. The third-order valence-corrected chi connectivity index (χ3v) is 7.47. The maximum atomic E-state index is 13.9. The van der Waals surface area contributed by atoms with Crippen molar-refractivity contribution >= 4 is 50.3 Å². The minimum absolute atomic E-state index is 0.275. The Morgan fingerprint density at radius 2 is 1.85 bits per heavy atom. The van der Waals surface area contributed by atoms with E-state index in [9.17, 15) is 11.0 Å². The third-order valence-electron chi connectivity index (χ3n) is 7.18. The number of rotatable bonds is 7. The van der Waals surface area contributed by atoms with Gasteiger partial charge in [-0.2, -0.15) is 5.26 Å². The lowest BCUT2D eigenvalue weighted by Crippen LogP contribution is -2.13. The summed E-state index contributed by atoms with van der Waals surface area (Å²) in [6.07, 6.45) is 5.28. The number of nitrogens with zero attached hydrogens (tertiary/aromatic N) is 5. The van der Waals surface area contributed by atoms with E-state index in [0.717, 1.165) is 29.3 Å². The highest BCUT2D eigenvalue weighted by Crippen LogP contribution is 2.38. The summed E-state index contributed by atoms with van der Waals surface area (Å²) < 4.78 is 25.2. The SMILES string of the molecule is [2H]C(Nc1cc(Cl)c2ncc(C#N)c(Nc3cccc4ccccc34)c2c1)(c1ccc(F)cc1)c1cn(C2CC2)nn1. The summed E-state index contributed by atoms with van der Waals surface area (Å²) in [5.74, 6) is -0.407. The van der Waals surface area contributed by atoms with Gasteiger partial charge in [-0.1, -0.05) is 65.3 Å². The molecule has 2 heterocycles. The van der Waals surface area contributed by atoms with Crippen LogP contribution in [0.25, 0.3) is 21.7 Å². The zero-order valence-electron chi connectivity index (χ0n) is 22.6. The maximum absolute atomic E-state index is 13.9. The minimum atomic E-state index is -1.62. The van der Waals surface area contributed by atoms with Gasteiger partial charge < -0.3 is 10.6 Å². The first kappa shape index (κ1) is 23.9. The summed E-state index contributed by atoms with van der Waals surface area (Å²) in [6, 6.07) is 24.0. The zero-order chi connectivity index (χ0) is 28.8. The molecule has 1 aliphatic carbocycles. The first-order valence-corrected chi connectivity index (χ1v) is 13.5. The largest absolute Gasteiger partial charge is 0.373 e. The maximum Gasteiger partial charge on any atom is 0.123 e. The number of nitrogens with one attached hydrogen (secondary N) is 2. The number of benzene rings is 4. The highest BCUT2D eigenvalue weighted by molar-refractivity contribution is 6.36. The molecule has 200 valence electrons. The van der Waals surface area contributed by atoms with E-state index < -0.39 is 11.8 Å². The van der Waals surface area contributed by atoms with Crippen molar-refractivity contribution in [2.75, 3.05) is 10.6 Å². The Kier molecular flexibility index (Phi) is 5.93. The van der Waals surface area contributed by atoms with Crippen LogP contribution < -0.4 is 10.6 Å². The van der Waals surface area contributed by atoms with Crippen molar-refractivity contribution in [1.82, 2.24) is 20.0 Å². The van der Waals surface area contributed by atoms with Gasteiger partial charge in [0.1, 0.15) is 17.6 Å². The van der Waals surface area contributed by atoms with Crippen LogP contribution in [0.15, 0.2) is 91.3 Å². The monoisotopic (exact) mass is 560 g/mol. The molecule has 0 amide bonds. The number of pyridine rings is 1. The standard InChI is InChI=1S/C32H23ClFN7/c33-27-15-23(37-31(20-8-10-22(34)11-9-20)29-18-41(40-39-29)24-12-13-24)14-26-30(21(16-35)17-36-32(26)27)38-28-7-3-5-19-4-1-2-6-25(19)28/h1-11,14-15,17-18,24,31,37H,12-13H2,(H,36,38)/i31D. The van der Waals surface area contributed by atoms with Crippen molar-refractivity contribution in [3.63, 3.8) is 0 Å². The number of nitriles is 1. The van der Waals surface area contributed by atoms with Crippen LogP contribution in [-0.4, -0.2) is 20.0 Å². The van der Waals surface area contributed by atoms with Crippen molar-refractivity contribution in [2.45, 2.75) is 24.9 Å². The molecular formula is C32H23ClFN7. The van der Waals surface area contributed by atoms with Gasteiger partial charge in [0.05, 0.1) is 41.4 Å². The number of halogens is 2. The van der Waals surface area contributed by atoms with Crippen LogP contribution in [0.4, 0.5) is 21.5 Å². The third kappa shape index (κ3) is 4.81. The molecule has 1 fully saturated rings. The fourth-order valence-corrected chi connectivity index (χ4v) is 5.24. The van der Waals surface area contributed by atoms with Crippen molar-refractivity contribution < 1.29 is 5.76 Å². The normalized spacial score (nSPS) is 14.8. The van der Waals surface area contributed by atoms with Gasteiger partial charge in [0.25, 0.3) is 0 Å². The summed E-state index contributed by atoms with van der Waals surface area (Å²) in [5, 5.41) is 28.3. The number of hydrogen-bond acceptors (Lipinski definition) is 6. The fraction of sp³-hybridized carbons (Fsp3) is 0.125. The zero-order valence-corrected chi connectivity index (χ0v) is 22.4. The molecule has 1 aliphatic rings. The molecule has 0 bridgehead atoms. The van der Waals surface area contributed by atoms with Gasteiger partial charge in [-0.3, -0.25) is 4.98 Å². The lowest BCUT2D eigenvalue weighted by Gasteiger charge is -2.20. The molecule has 0 saturated heterocycles. The highest BCUT2D eigenvalue weighted by atomic mass is 35.5. The number of aromatic nitrogens is 4. The van der Waals surface area contributed by atoms with E-state index in [2.05, 4.69) is 32.0 Å². The second kappa shape index (κ2) is 10.2. The van der Waals surface area contributed by atoms with Gasteiger partial charge in [0, 0.05) is 28.3 Å². The molecule has 0 aliphatic heterocycles. The lowest BCUT2D eigenvalue weighted by molar-refractivity contribution is 0.610. The van der Waals surface area contributed by atoms with E-state index in [0.29, 0.717) is 44.1 Å².